The minimum atomic E-state index is -4.45. The first-order valence-corrected chi connectivity index (χ1v) is 11.0. The highest BCUT2D eigenvalue weighted by molar-refractivity contribution is 5.80. The number of alkyl halides is 3. The highest BCUT2D eigenvalue weighted by Gasteiger charge is 2.30. The first-order chi connectivity index (χ1) is 16.2. The molecular formula is C25H28F3N3O3. The van der Waals surface area contributed by atoms with Gasteiger partial charge in [-0.05, 0) is 51.3 Å². The van der Waals surface area contributed by atoms with Crippen molar-refractivity contribution in [2.24, 2.45) is 0 Å². The molecule has 1 amide bonds. The van der Waals surface area contributed by atoms with E-state index >= 15 is 0 Å². The van der Waals surface area contributed by atoms with Crippen LogP contribution in [-0.4, -0.2) is 33.5 Å². The molecule has 0 aliphatic carbocycles. The molecular weight excluding hydrogens is 447 g/mol. The number of aryl methyl sites for hydroxylation is 1. The van der Waals surface area contributed by atoms with Crippen LogP contribution in [0, 0.1) is 0 Å². The van der Waals surface area contributed by atoms with Crippen LogP contribution in [0.2, 0.25) is 0 Å². The van der Waals surface area contributed by atoms with Crippen LogP contribution in [-0.2, 0) is 22.2 Å². The Morgan fingerprint density at radius 2 is 1.76 bits per heavy atom. The Bertz CT molecular complexity index is 1140. The number of unbranched alkanes of at least 4 members (excludes halogenated alkanes) is 1. The fraction of sp³-hybridized carbons (Fsp3) is 0.360. The van der Waals surface area contributed by atoms with E-state index in [9.17, 15) is 22.8 Å². The minimum Gasteiger partial charge on any atom is -0.481 e. The van der Waals surface area contributed by atoms with E-state index < -0.39 is 17.7 Å². The van der Waals surface area contributed by atoms with Gasteiger partial charge in [-0.15, -0.1) is 0 Å². The molecule has 2 N–H and O–H groups in total. The number of nitrogens with one attached hydrogen (secondary N) is 1. The van der Waals surface area contributed by atoms with E-state index in [-0.39, 0.29) is 18.7 Å². The van der Waals surface area contributed by atoms with Crippen LogP contribution in [0.3, 0.4) is 0 Å². The molecule has 0 fully saturated rings. The summed E-state index contributed by atoms with van der Waals surface area (Å²) in [6, 6.07) is 4.70. The minimum absolute atomic E-state index is 0.00915. The number of carboxylic acid groups (broad SMARTS) is 1. The first kappa shape index (κ1) is 26.8. The van der Waals surface area contributed by atoms with Crippen molar-refractivity contribution in [3.8, 4) is 11.3 Å². The number of nitrogens with zero attached hydrogens (tertiary/aromatic N) is 2. The number of carbonyl (C=O) groups excluding carboxylic acids is 1. The van der Waals surface area contributed by atoms with Crippen LogP contribution < -0.4 is 16.0 Å². The monoisotopic (exact) mass is 475 g/mol. The number of aromatic nitrogens is 2. The predicted octanol–water partition coefficient (Wildman–Crippen LogP) is 3.62. The standard InChI is InChI=1S/C25H28F3N3O3/c1-3-5-16-29-22(32)15-14-20-19(4-2)31-24(21(30-20)8-6-7-9-23(33)34)17-10-12-18(13-11-17)25(26,27)28/h3-5,10-14H,6-9,15-16H2,1-2H3,(H,29,32)(H,33,34)/b5-3+,19-4+,20-14+. The molecule has 34 heavy (non-hydrogen) atoms. The third-order valence-corrected chi connectivity index (χ3v) is 4.97. The third kappa shape index (κ3) is 8.13. The summed E-state index contributed by atoms with van der Waals surface area (Å²) in [4.78, 5) is 32.2. The predicted molar refractivity (Wildman–Crippen MR) is 124 cm³/mol. The van der Waals surface area contributed by atoms with Crippen molar-refractivity contribution < 1.29 is 27.9 Å². The second-order valence-electron chi connectivity index (χ2n) is 7.54. The third-order valence-electron chi connectivity index (χ3n) is 4.97. The Morgan fingerprint density at radius 1 is 1.06 bits per heavy atom. The summed E-state index contributed by atoms with van der Waals surface area (Å²) >= 11 is 0. The van der Waals surface area contributed by atoms with Gasteiger partial charge in [0.1, 0.15) is 0 Å². The molecule has 0 aliphatic rings. The van der Waals surface area contributed by atoms with Crippen LogP contribution >= 0.6 is 0 Å². The van der Waals surface area contributed by atoms with E-state index in [0.717, 1.165) is 12.1 Å². The zero-order chi connectivity index (χ0) is 25.1. The molecule has 0 unspecified atom stereocenters. The van der Waals surface area contributed by atoms with Crippen molar-refractivity contribution in [1.82, 2.24) is 15.3 Å². The molecule has 0 atom stereocenters. The molecule has 0 saturated heterocycles. The molecule has 182 valence electrons. The van der Waals surface area contributed by atoms with Crippen LogP contribution in [0.1, 0.15) is 50.8 Å². The second kappa shape index (κ2) is 12.7. The Morgan fingerprint density at radius 3 is 2.35 bits per heavy atom. The lowest BCUT2D eigenvalue weighted by Crippen LogP contribution is -2.34. The van der Waals surface area contributed by atoms with Crippen molar-refractivity contribution in [2.75, 3.05) is 6.54 Å². The fourth-order valence-electron chi connectivity index (χ4n) is 3.20. The van der Waals surface area contributed by atoms with Gasteiger partial charge in [0.05, 0.1) is 27.6 Å². The number of aliphatic carboxylic acids is 1. The summed E-state index contributed by atoms with van der Waals surface area (Å²) in [7, 11) is 0. The van der Waals surface area contributed by atoms with E-state index in [1.165, 1.54) is 12.1 Å². The number of benzene rings is 1. The van der Waals surface area contributed by atoms with Crippen molar-refractivity contribution in [2.45, 2.75) is 52.1 Å². The van der Waals surface area contributed by atoms with Gasteiger partial charge in [0.25, 0.3) is 0 Å². The summed E-state index contributed by atoms with van der Waals surface area (Å²) in [5.74, 6) is -1.08. The van der Waals surface area contributed by atoms with E-state index in [1.807, 2.05) is 19.1 Å². The number of carbonyl (C=O) groups is 2. The van der Waals surface area contributed by atoms with Crippen LogP contribution in [0.25, 0.3) is 23.4 Å². The van der Waals surface area contributed by atoms with Gasteiger partial charge in [-0.3, -0.25) is 9.59 Å². The molecule has 0 radical (unpaired) electrons. The largest absolute Gasteiger partial charge is 0.481 e. The van der Waals surface area contributed by atoms with Gasteiger partial charge in [0.15, 0.2) is 0 Å². The Hall–Kier alpha value is -3.49. The average Bonchev–Trinajstić information content (AvgIpc) is 2.80. The van der Waals surface area contributed by atoms with Gasteiger partial charge in [-0.25, -0.2) is 9.97 Å². The molecule has 0 spiro atoms. The number of allylic oxidation sites excluding steroid dienone is 1. The van der Waals surface area contributed by atoms with Gasteiger partial charge in [0, 0.05) is 24.9 Å². The smallest absolute Gasteiger partial charge is 0.416 e. The van der Waals surface area contributed by atoms with E-state index in [1.54, 1.807) is 19.1 Å². The summed E-state index contributed by atoms with van der Waals surface area (Å²) < 4.78 is 38.9. The molecule has 2 aromatic rings. The highest BCUT2D eigenvalue weighted by atomic mass is 19.4. The van der Waals surface area contributed by atoms with E-state index in [0.29, 0.717) is 53.5 Å². The van der Waals surface area contributed by atoms with E-state index in [4.69, 9.17) is 5.11 Å². The number of hydrogen-bond acceptors (Lipinski definition) is 4. The number of carboxylic acids is 1. The Balaban J connectivity index is 2.44. The lowest BCUT2D eigenvalue weighted by molar-refractivity contribution is -0.138. The van der Waals surface area contributed by atoms with Crippen LogP contribution in [0.5, 0.6) is 0 Å². The van der Waals surface area contributed by atoms with Crippen LogP contribution in [0.4, 0.5) is 13.2 Å². The average molecular weight is 476 g/mol. The number of hydrogen-bond donors (Lipinski definition) is 2. The Kier molecular flexibility index (Phi) is 9.97. The maximum absolute atomic E-state index is 13.0. The molecule has 2 rings (SSSR count). The molecule has 9 heteroatoms. The highest BCUT2D eigenvalue weighted by Crippen LogP contribution is 2.31. The molecule has 0 aliphatic heterocycles. The maximum atomic E-state index is 13.0. The second-order valence-corrected chi connectivity index (χ2v) is 7.54. The lowest BCUT2D eigenvalue weighted by atomic mass is 10.0. The van der Waals surface area contributed by atoms with Crippen molar-refractivity contribution in [1.29, 1.82) is 0 Å². The molecule has 6 nitrogen and oxygen atoms in total. The number of halogens is 3. The number of amides is 1. The molecule has 1 aromatic heterocycles. The topological polar surface area (TPSA) is 92.2 Å². The SMILES string of the molecule is C/C=C/CNC(=O)C/C=c1/nc(CCCCC(=O)O)c(-c2ccc(C(F)(F)F)cc2)n/c1=C/C. The molecule has 1 aromatic carbocycles. The zero-order valence-electron chi connectivity index (χ0n) is 19.2. The molecule has 0 bridgehead atoms. The normalized spacial score (nSPS) is 13.0. The van der Waals surface area contributed by atoms with Crippen molar-refractivity contribution in [3.63, 3.8) is 0 Å². The van der Waals surface area contributed by atoms with Gasteiger partial charge in [-0.2, -0.15) is 13.2 Å². The first-order valence-electron chi connectivity index (χ1n) is 11.0. The maximum Gasteiger partial charge on any atom is 0.416 e. The van der Waals surface area contributed by atoms with Crippen molar-refractivity contribution in [3.05, 3.63) is 58.4 Å². The fourth-order valence-corrected chi connectivity index (χ4v) is 3.20. The van der Waals surface area contributed by atoms with E-state index in [2.05, 4.69) is 15.3 Å². The quantitative estimate of drug-likeness (QED) is 0.405. The lowest BCUT2D eigenvalue weighted by Gasteiger charge is -2.11. The summed E-state index contributed by atoms with van der Waals surface area (Å²) in [5, 5.41) is 12.6. The summed E-state index contributed by atoms with van der Waals surface area (Å²) in [5.41, 5.74) is 0.694. The summed E-state index contributed by atoms with van der Waals surface area (Å²) in [6.45, 7) is 4.03. The Labute approximate surface area is 195 Å². The van der Waals surface area contributed by atoms with Gasteiger partial charge >= 0.3 is 12.1 Å². The number of rotatable bonds is 10. The molecule has 1 heterocycles. The van der Waals surface area contributed by atoms with Gasteiger partial charge < -0.3 is 10.4 Å². The van der Waals surface area contributed by atoms with Crippen LogP contribution in [0.15, 0.2) is 36.4 Å². The van der Waals surface area contributed by atoms with Gasteiger partial charge in [-0.1, -0.05) is 30.4 Å². The van der Waals surface area contributed by atoms with Gasteiger partial charge in [0.2, 0.25) is 5.91 Å². The van der Waals surface area contributed by atoms with Crippen molar-refractivity contribution >= 4 is 24.0 Å². The molecule has 0 saturated carbocycles. The zero-order valence-corrected chi connectivity index (χ0v) is 19.2. The summed E-state index contributed by atoms with van der Waals surface area (Å²) in [6.07, 6.45) is 4.02.